The van der Waals surface area contributed by atoms with Crippen LogP contribution >= 0.6 is 0 Å². The van der Waals surface area contributed by atoms with Crippen molar-refractivity contribution in [2.24, 2.45) is 5.92 Å². The lowest BCUT2D eigenvalue weighted by molar-refractivity contribution is -0.0870. The van der Waals surface area contributed by atoms with Crippen LogP contribution in [0.3, 0.4) is 0 Å². The number of rotatable bonds is 8. The van der Waals surface area contributed by atoms with Crippen LogP contribution in [0, 0.1) is 5.92 Å². The quantitative estimate of drug-likeness (QED) is 0.553. The Morgan fingerprint density at radius 2 is 1.81 bits per heavy atom. The van der Waals surface area contributed by atoms with E-state index < -0.39 is 5.60 Å². The summed E-state index contributed by atoms with van der Waals surface area (Å²) in [5, 5.41) is 15.6. The van der Waals surface area contributed by atoms with E-state index in [1.165, 1.54) is 42.4 Å². The minimum atomic E-state index is -0.575. The van der Waals surface area contributed by atoms with Gasteiger partial charge in [0.1, 0.15) is 12.4 Å². The minimum absolute atomic E-state index is 0.141. The van der Waals surface area contributed by atoms with Crippen LogP contribution in [0.15, 0.2) is 48.5 Å². The number of aliphatic hydroxyl groups is 1. The molecule has 0 saturated heterocycles. The van der Waals surface area contributed by atoms with Gasteiger partial charge in [-0.15, -0.1) is 0 Å². The van der Waals surface area contributed by atoms with E-state index >= 15 is 0 Å². The molecule has 2 N–H and O–H groups in total. The molecule has 3 aliphatic carbocycles. The molecule has 3 heteroatoms. The maximum absolute atomic E-state index is 11.9. The first-order valence-corrected chi connectivity index (χ1v) is 12.4. The maximum atomic E-state index is 11.9. The fraction of sp³-hybridized carbons (Fsp3) is 0.571. The van der Waals surface area contributed by atoms with Gasteiger partial charge in [0.15, 0.2) is 0 Å². The summed E-state index contributed by atoms with van der Waals surface area (Å²) < 4.78 is 6.20. The second-order valence-corrected chi connectivity index (χ2v) is 10.2. The molecule has 0 unspecified atom stereocenters. The molecule has 2 saturated carbocycles. The number of benzene rings is 2. The number of aryl methyl sites for hydroxylation is 1. The van der Waals surface area contributed by atoms with Crippen molar-refractivity contribution in [2.45, 2.75) is 81.8 Å². The molecule has 0 aliphatic heterocycles. The van der Waals surface area contributed by atoms with Crippen LogP contribution in [-0.2, 0) is 18.4 Å². The number of hydrogen-bond acceptors (Lipinski definition) is 3. The second kappa shape index (κ2) is 8.96. The van der Waals surface area contributed by atoms with Crippen molar-refractivity contribution >= 4 is 0 Å². The lowest BCUT2D eigenvalue weighted by Crippen LogP contribution is -2.57. The van der Waals surface area contributed by atoms with Gasteiger partial charge in [0.2, 0.25) is 0 Å². The molecule has 5 rings (SSSR count). The van der Waals surface area contributed by atoms with Crippen LogP contribution in [0.5, 0.6) is 5.75 Å². The SMILES string of the molecule is O[C@]12CCCC[C@@]1(CCNCC1CCC1)c1cc(OCc3ccccc3)ccc1CC2. The van der Waals surface area contributed by atoms with Gasteiger partial charge in [-0.3, -0.25) is 0 Å². The van der Waals surface area contributed by atoms with E-state index in [9.17, 15) is 5.11 Å². The van der Waals surface area contributed by atoms with Gasteiger partial charge >= 0.3 is 0 Å². The Hall–Kier alpha value is -1.84. The third-order valence-corrected chi connectivity index (χ3v) is 8.37. The Kier molecular flexibility index (Phi) is 6.08. The molecule has 166 valence electrons. The molecular formula is C28H37NO2. The Labute approximate surface area is 187 Å². The molecule has 2 aromatic carbocycles. The van der Waals surface area contributed by atoms with Crippen molar-refractivity contribution in [3.63, 3.8) is 0 Å². The van der Waals surface area contributed by atoms with Crippen LogP contribution < -0.4 is 10.1 Å². The first kappa shape index (κ1) is 21.0. The van der Waals surface area contributed by atoms with Crippen LogP contribution in [0.1, 0.15) is 74.5 Å². The summed E-state index contributed by atoms with van der Waals surface area (Å²) in [6.07, 6.45) is 11.4. The molecule has 31 heavy (non-hydrogen) atoms. The first-order chi connectivity index (χ1) is 15.2. The van der Waals surface area contributed by atoms with Crippen LogP contribution in [0.2, 0.25) is 0 Å². The third kappa shape index (κ3) is 4.15. The Morgan fingerprint density at radius 1 is 0.968 bits per heavy atom. The molecule has 0 spiro atoms. The fourth-order valence-electron chi connectivity index (χ4n) is 6.25. The molecule has 2 atom stereocenters. The summed E-state index contributed by atoms with van der Waals surface area (Å²) in [5.41, 5.74) is 3.24. The molecule has 0 bridgehead atoms. The van der Waals surface area contributed by atoms with Crippen LogP contribution in [-0.4, -0.2) is 23.8 Å². The van der Waals surface area contributed by atoms with Gasteiger partial charge in [-0.05, 0) is 92.8 Å². The van der Waals surface area contributed by atoms with E-state index in [-0.39, 0.29) is 5.41 Å². The number of nitrogens with one attached hydrogen (secondary N) is 1. The van der Waals surface area contributed by atoms with Gasteiger partial charge in [-0.2, -0.15) is 0 Å². The van der Waals surface area contributed by atoms with Gasteiger partial charge in [0, 0.05) is 5.41 Å². The number of ether oxygens (including phenoxy) is 1. The Morgan fingerprint density at radius 3 is 2.61 bits per heavy atom. The highest BCUT2D eigenvalue weighted by Crippen LogP contribution is 2.55. The summed E-state index contributed by atoms with van der Waals surface area (Å²) in [6.45, 7) is 2.72. The standard InChI is InChI=1S/C28H37NO2/c30-28-15-5-4-14-27(28,17-18-29-20-22-9-6-10-22)26-19-25(12-11-24(26)13-16-28)31-21-23-7-2-1-3-8-23/h1-3,7-8,11-12,19,22,29-30H,4-6,9-10,13-18,20-21H2/t27-,28+/m1/s1. The zero-order valence-electron chi connectivity index (χ0n) is 18.7. The van der Waals surface area contributed by atoms with Crippen LogP contribution in [0.4, 0.5) is 0 Å². The maximum Gasteiger partial charge on any atom is 0.120 e. The predicted molar refractivity (Wildman–Crippen MR) is 125 cm³/mol. The lowest BCUT2D eigenvalue weighted by Gasteiger charge is -2.55. The van der Waals surface area contributed by atoms with Crippen LogP contribution in [0.25, 0.3) is 0 Å². The molecule has 3 nitrogen and oxygen atoms in total. The lowest BCUT2D eigenvalue weighted by atomic mass is 9.53. The molecule has 2 aromatic rings. The summed E-state index contributed by atoms with van der Waals surface area (Å²) >= 11 is 0. The summed E-state index contributed by atoms with van der Waals surface area (Å²) in [6, 6.07) is 17.0. The first-order valence-electron chi connectivity index (χ1n) is 12.4. The fourth-order valence-corrected chi connectivity index (χ4v) is 6.25. The average molecular weight is 420 g/mol. The second-order valence-electron chi connectivity index (χ2n) is 10.2. The Balaban J connectivity index is 1.37. The van der Waals surface area contributed by atoms with E-state index in [1.807, 2.05) is 6.07 Å². The molecule has 0 radical (unpaired) electrons. The molecular weight excluding hydrogens is 382 g/mol. The smallest absolute Gasteiger partial charge is 0.120 e. The van der Waals surface area contributed by atoms with E-state index in [0.717, 1.165) is 63.3 Å². The largest absolute Gasteiger partial charge is 0.489 e. The van der Waals surface area contributed by atoms with E-state index in [4.69, 9.17) is 4.74 Å². The van der Waals surface area contributed by atoms with Gasteiger partial charge in [-0.1, -0.05) is 55.7 Å². The molecule has 0 heterocycles. The third-order valence-electron chi connectivity index (χ3n) is 8.37. The van der Waals surface area contributed by atoms with E-state index in [1.54, 1.807) is 0 Å². The highest BCUT2D eigenvalue weighted by atomic mass is 16.5. The summed E-state index contributed by atoms with van der Waals surface area (Å²) in [7, 11) is 0. The average Bonchev–Trinajstić information content (AvgIpc) is 2.77. The molecule has 0 amide bonds. The van der Waals surface area contributed by atoms with Gasteiger partial charge in [-0.25, -0.2) is 0 Å². The zero-order chi connectivity index (χ0) is 21.2. The Bertz CT molecular complexity index is 878. The summed E-state index contributed by atoms with van der Waals surface area (Å²) in [4.78, 5) is 0. The highest BCUT2D eigenvalue weighted by Gasteiger charge is 2.54. The van der Waals surface area contributed by atoms with Gasteiger partial charge in [0.25, 0.3) is 0 Å². The predicted octanol–water partition coefficient (Wildman–Crippen LogP) is 5.53. The molecule has 2 fully saturated rings. The van der Waals surface area contributed by atoms with Crippen molar-refractivity contribution in [3.05, 3.63) is 65.2 Å². The summed E-state index contributed by atoms with van der Waals surface area (Å²) in [5.74, 6) is 1.80. The van der Waals surface area contributed by atoms with Crippen molar-refractivity contribution in [1.82, 2.24) is 5.32 Å². The minimum Gasteiger partial charge on any atom is -0.489 e. The van der Waals surface area contributed by atoms with E-state index in [2.05, 4.69) is 47.8 Å². The molecule has 3 aliphatic rings. The van der Waals surface area contributed by atoms with Crippen molar-refractivity contribution in [3.8, 4) is 5.75 Å². The van der Waals surface area contributed by atoms with E-state index in [0.29, 0.717) is 6.61 Å². The van der Waals surface area contributed by atoms with Gasteiger partial charge < -0.3 is 15.2 Å². The van der Waals surface area contributed by atoms with Crippen molar-refractivity contribution < 1.29 is 9.84 Å². The zero-order valence-corrected chi connectivity index (χ0v) is 18.7. The molecule has 0 aromatic heterocycles. The monoisotopic (exact) mass is 419 g/mol. The van der Waals surface area contributed by atoms with Crippen molar-refractivity contribution in [1.29, 1.82) is 0 Å². The number of fused-ring (bicyclic) bond motifs is 3. The topological polar surface area (TPSA) is 41.5 Å². The van der Waals surface area contributed by atoms with Crippen molar-refractivity contribution in [2.75, 3.05) is 13.1 Å². The normalized spacial score (nSPS) is 27.8. The number of hydrogen-bond donors (Lipinski definition) is 2. The van der Waals surface area contributed by atoms with Gasteiger partial charge in [0.05, 0.1) is 5.60 Å². The highest BCUT2D eigenvalue weighted by molar-refractivity contribution is 5.46.